The van der Waals surface area contributed by atoms with E-state index < -0.39 is 10.0 Å². The van der Waals surface area contributed by atoms with Gasteiger partial charge in [-0.05, 0) is 49.9 Å². The maximum absolute atomic E-state index is 13.1. The summed E-state index contributed by atoms with van der Waals surface area (Å²) < 4.78 is 34.3. The van der Waals surface area contributed by atoms with Crippen molar-refractivity contribution in [2.45, 2.75) is 51.1 Å². The molecule has 2 N–H and O–H groups in total. The number of sulfonamides is 1. The van der Waals surface area contributed by atoms with E-state index in [1.165, 1.54) is 25.3 Å². The van der Waals surface area contributed by atoms with Gasteiger partial charge in [0.15, 0.2) is 0 Å². The smallest absolute Gasteiger partial charge is 0.255 e. The predicted molar refractivity (Wildman–Crippen MR) is 115 cm³/mol. The fraction of sp³-hybridized carbons (Fsp3) is 0.409. The third-order valence-electron chi connectivity index (χ3n) is 4.35. The molecule has 0 aromatic heterocycles. The fourth-order valence-electron chi connectivity index (χ4n) is 3.04. The summed E-state index contributed by atoms with van der Waals surface area (Å²) >= 11 is 0. The second-order valence-electron chi connectivity index (χ2n) is 7.70. The van der Waals surface area contributed by atoms with Gasteiger partial charge in [0.1, 0.15) is 5.75 Å². The van der Waals surface area contributed by atoms with Gasteiger partial charge in [-0.3, -0.25) is 4.79 Å². The maximum atomic E-state index is 13.1. The summed E-state index contributed by atoms with van der Waals surface area (Å²) in [6, 6.07) is 13.3. The Morgan fingerprint density at radius 2 is 1.69 bits per heavy atom. The summed E-state index contributed by atoms with van der Waals surface area (Å²) in [4.78, 5) is 12.5. The normalized spacial score (nSPS) is 12.8. The topological polar surface area (TPSA) is 84.5 Å². The van der Waals surface area contributed by atoms with E-state index in [1.54, 1.807) is 0 Å². The highest BCUT2D eigenvalue weighted by Crippen LogP contribution is 2.26. The lowest BCUT2D eigenvalue weighted by atomic mass is 9.98. The van der Waals surface area contributed by atoms with Gasteiger partial charge in [-0.15, -0.1) is 0 Å². The number of ether oxygens (including phenoxy) is 1. The SMILES string of the molecule is COc1ccc(S(=O)(=O)N[C@H](CC(C)C)c2ccccc2)cc1C(=O)NC(C)C. The van der Waals surface area contributed by atoms with Crippen LogP contribution in [0.25, 0.3) is 0 Å². The van der Waals surface area contributed by atoms with Gasteiger partial charge in [0.05, 0.1) is 17.6 Å². The van der Waals surface area contributed by atoms with Gasteiger partial charge in [0.2, 0.25) is 10.0 Å². The van der Waals surface area contributed by atoms with E-state index in [2.05, 4.69) is 10.0 Å². The molecule has 0 saturated heterocycles. The Hall–Kier alpha value is -2.38. The van der Waals surface area contributed by atoms with Crippen LogP contribution >= 0.6 is 0 Å². The first-order valence-electron chi connectivity index (χ1n) is 9.70. The molecule has 0 heterocycles. The van der Waals surface area contributed by atoms with Crippen LogP contribution in [0.2, 0.25) is 0 Å². The fourth-order valence-corrected chi connectivity index (χ4v) is 4.30. The molecule has 0 aliphatic rings. The van der Waals surface area contributed by atoms with Crippen LogP contribution in [0.4, 0.5) is 0 Å². The number of nitrogens with one attached hydrogen (secondary N) is 2. The van der Waals surface area contributed by atoms with E-state index >= 15 is 0 Å². The summed E-state index contributed by atoms with van der Waals surface area (Å²) in [5.41, 5.74) is 1.08. The number of hydrogen-bond donors (Lipinski definition) is 2. The Labute approximate surface area is 173 Å². The third kappa shape index (κ3) is 6.30. The molecule has 158 valence electrons. The lowest BCUT2D eigenvalue weighted by Gasteiger charge is -2.21. The largest absolute Gasteiger partial charge is 0.496 e. The lowest BCUT2D eigenvalue weighted by molar-refractivity contribution is 0.0940. The summed E-state index contributed by atoms with van der Waals surface area (Å²) in [5.74, 6) is 0.241. The van der Waals surface area contributed by atoms with Gasteiger partial charge >= 0.3 is 0 Å². The van der Waals surface area contributed by atoms with Crippen LogP contribution in [0.3, 0.4) is 0 Å². The second-order valence-corrected chi connectivity index (χ2v) is 9.42. The molecule has 7 heteroatoms. The number of hydrogen-bond acceptors (Lipinski definition) is 4. The van der Waals surface area contributed by atoms with Crippen molar-refractivity contribution in [2.75, 3.05) is 7.11 Å². The van der Waals surface area contributed by atoms with Crippen molar-refractivity contribution in [2.24, 2.45) is 5.92 Å². The molecular weight excluding hydrogens is 388 g/mol. The average molecular weight is 419 g/mol. The number of benzene rings is 2. The van der Waals surface area contributed by atoms with E-state index in [9.17, 15) is 13.2 Å². The summed E-state index contributed by atoms with van der Waals surface area (Å²) in [6.07, 6.45) is 0.653. The van der Waals surface area contributed by atoms with E-state index in [4.69, 9.17) is 4.74 Å². The molecule has 29 heavy (non-hydrogen) atoms. The number of amides is 1. The quantitative estimate of drug-likeness (QED) is 0.647. The van der Waals surface area contributed by atoms with Crippen LogP contribution in [0, 0.1) is 5.92 Å². The Morgan fingerprint density at radius 1 is 1.03 bits per heavy atom. The standard InChI is InChI=1S/C22H30N2O4S/c1-15(2)13-20(17-9-7-6-8-10-17)24-29(26,27)18-11-12-21(28-5)19(14-18)22(25)23-16(3)4/h6-12,14-16,20,24H,13H2,1-5H3,(H,23,25)/t20-/m1/s1. The van der Waals surface area contributed by atoms with Crippen molar-refractivity contribution >= 4 is 15.9 Å². The third-order valence-corrected chi connectivity index (χ3v) is 5.82. The molecule has 2 aromatic rings. The van der Waals surface area contributed by atoms with Gasteiger partial charge in [0, 0.05) is 12.1 Å². The Kier molecular flexibility index (Phi) is 7.81. The van der Waals surface area contributed by atoms with Gasteiger partial charge in [-0.25, -0.2) is 13.1 Å². The van der Waals surface area contributed by atoms with Crippen LogP contribution < -0.4 is 14.8 Å². The lowest BCUT2D eigenvalue weighted by Crippen LogP contribution is -2.32. The first-order valence-corrected chi connectivity index (χ1v) is 11.2. The molecule has 0 saturated carbocycles. The maximum Gasteiger partial charge on any atom is 0.255 e. The number of rotatable bonds is 9. The van der Waals surface area contributed by atoms with Crippen molar-refractivity contribution in [1.82, 2.24) is 10.0 Å². The minimum absolute atomic E-state index is 0.0249. The summed E-state index contributed by atoms with van der Waals surface area (Å²) in [7, 11) is -2.40. The molecule has 0 aliphatic carbocycles. The molecule has 2 aromatic carbocycles. The van der Waals surface area contributed by atoms with E-state index in [0.29, 0.717) is 18.1 Å². The van der Waals surface area contributed by atoms with Crippen molar-refractivity contribution in [3.8, 4) is 5.75 Å². The molecule has 1 atom stereocenters. The first kappa shape index (κ1) is 22.9. The van der Waals surface area contributed by atoms with Gasteiger partial charge in [0.25, 0.3) is 5.91 Å². The molecule has 0 aliphatic heterocycles. The Morgan fingerprint density at radius 3 is 2.24 bits per heavy atom. The number of methoxy groups -OCH3 is 1. The van der Waals surface area contributed by atoms with E-state index in [1.807, 2.05) is 58.0 Å². The average Bonchev–Trinajstić information content (AvgIpc) is 2.66. The second kappa shape index (κ2) is 9.89. The molecule has 1 amide bonds. The van der Waals surface area contributed by atoms with Crippen LogP contribution in [0.5, 0.6) is 5.75 Å². The number of carbonyl (C=O) groups excluding carboxylic acids is 1. The minimum atomic E-state index is -3.85. The Bertz CT molecular complexity index is 925. The van der Waals surface area contributed by atoms with Crippen molar-refractivity contribution in [3.05, 3.63) is 59.7 Å². The first-order chi connectivity index (χ1) is 13.6. The van der Waals surface area contributed by atoms with Gasteiger partial charge in [-0.1, -0.05) is 44.2 Å². The molecule has 2 rings (SSSR count). The van der Waals surface area contributed by atoms with E-state index in [0.717, 1.165) is 5.56 Å². The van der Waals surface area contributed by atoms with Gasteiger partial charge in [-0.2, -0.15) is 0 Å². The zero-order chi connectivity index (χ0) is 21.6. The zero-order valence-corrected chi connectivity index (χ0v) is 18.4. The van der Waals surface area contributed by atoms with Gasteiger partial charge < -0.3 is 10.1 Å². The molecule has 0 unspecified atom stereocenters. The summed E-state index contributed by atoms with van der Waals surface area (Å²) in [6.45, 7) is 7.77. The highest BCUT2D eigenvalue weighted by molar-refractivity contribution is 7.89. The van der Waals surface area contributed by atoms with Crippen LogP contribution in [-0.2, 0) is 10.0 Å². The van der Waals surface area contributed by atoms with Crippen LogP contribution in [0.1, 0.15) is 56.1 Å². The van der Waals surface area contributed by atoms with Crippen molar-refractivity contribution in [1.29, 1.82) is 0 Å². The number of carbonyl (C=O) groups is 1. The minimum Gasteiger partial charge on any atom is -0.496 e. The highest BCUT2D eigenvalue weighted by Gasteiger charge is 2.24. The highest BCUT2D eigenvalue weighted by atomic mass is 32.2. The van der Waals surface area contributed by atoms with Crippen LogP contribution in [-0.4, -0.2) is 27.5 Å². The summed E-state index contributed by atoms with van der Waals surface area (Å²) in [5, 5.41) is 2.77. The van der Waals surface area contributed by atoms with E-state index in [-0.39, 0.29) is 28.4 Å². The molecule has 0 bridgehead atoms. The Balaban J connectivity index is 2.39. The van der Waals surface area contributed by atoms with Crippen molar-refractivity contribution in [3.63, 3.8) is 0 Å². The zero-order valence-electron chi connectivity index (χ0n) is 17.6. The molecular formula is C22H30N2O4S. The molecule has 0 radical (unpaired) electrons. The molecule has 6 nitrogen and oxygen atoms in total. The molecule has 0 fully saturated rings. The van der Waals surface area contributed by atoms with Crippen molar-refractivity contribution < 1.29 is 17.9 Å². The molecule has 0 spiro atoms. The van der Waals surface area contributed by atoms with Crippen LogP contribution in [0.15, 0.2) is 53.4 Å². The predicted octanol–water partition coefficient (Wildman–Crippen LogP) is 3.90. The monoisotopic (exact) mass is 418 g/mol.